The molecule has 4 heteroatoms. The molecule has 0 aliphatic heterocycles. The maximum atomic E-state index is 13.0. The number of rotatable bonds is 9. The fourth-order valence-electron chi connectivity index (χ4n) is 3.46. The van der Waals surface area contributed by atoms with Gasteiger partial charge in [-0.3, -0.25) is 14.3 Å². The third-order valence-corrected chi connectivity index (χ3v) is 4.86. The molecule has 3 rings (SSSR count). The van der Waals surface area contributed by atoms with Crippen LogP contribution in [0, 0.1) is 0 Å². The Hall–Kier alpha value is -4.18. The van der Waals surface area contributed by atoms with Crippen molar-refractivity contribution in [1.82, 2.24) is 9.55 Å². The monoisotopic (exact) mass is 421 g/mol. The molecule has 0 radical (unpaired) electrons. The van der Waals surface area contributed by atoms with Crippen LogP contribution < -0.4 is 10.7 Å². The molecule has 32 heavy (non-hydrogen) atoms. The predicted molar refractivity (Wildman–Crippen MR) is 137 cm³/mol. The lowest BCUT2D eigenvalue weighted by atomic mass is 10.1. The molecule has 0 saturated carbocycles. The van der Waals surface area contributed by atoms with Crippen molar-refractivity contribution in [2.24, 2.45) is 0 Å². The van der Waals surface area contributed by atoms with Crippen molar-refractivity contribution in [3.63, 3.8) is 0 Å². The van der Waals surface area contributed by atoms with Gasteiger partial charge in [-0.2, -0.15) is 0 Å². The number of nitrogens with zero attached hydrogens (tertiary/aromatic N) is 2. The quantitative estimate of drug-likeness (QED) is 0.415. The van der Waals surface area contributed by atoms with E-state index in [4.69, 9.17) is 0 Å². The lowest BCUT2D eigenvalue weighted by Gasteiger charge is -2.20. The van der Waals surface area contributed by atoms with Crippen LogP contribution >= 0.6 is 0 Å². The predicted octanol–water partition coefficient (Wildman–Crippen LogP) is 6.26. The van der Waals surface area contributed by atoms with E-state index >= 15 is 0 Å². The highest BCUT2D eigenvalue weighted by Crippen LogP contribution is 2.25. The third kappa shape index (κ3) is 5.10. The van der Waals surface area contributed by atoms with Crippen LogP contribution in [0.2, 0.25) is 0 Å². The number of nitrogens with one attached hydrogen (secondary N) is 1. The third-order valence-electron chi connectivity index (χ3n) is 4.86. The molecule has 0 saturated heterocycles. The zero-order chi connectivity index (χ0) is 22.9. The van der Waals surface area contributed by atoms with E-state index in [0.717, 1.165) is 28.2 Å². The topological polar surface area (TPSA) is 46.9 Å². The molecule has 0 unspecified atom stereocenters. The second-order valence-electron chi connectivity index (χ2n) is 7.10. The van der Waals surface area contributed by atoms with Crippen molar-refractivity contribution in [1.29, 1.82) is 0 Å². The number of benzene rings is 1. The maximum absolute atomic E-state index is 13.0. The van der Waals surface area contributed by atoms with Gasteiger partial charge in [0.25, 0.3) is 0 Å². The normalized spacial score (nSPS) is 12.2. The van der Waals surface area contributed by atoms with Gasteiger partial charge in [0.2, 0.25) is 0 Å². The number of fused-ring (bicyclic) bond motifs is 1. The SMILES string of the molecule is C=C/C=C(\C=C)Nc1cc(=O)c2cnc(Cc3ccccc3)cc2n1C(/C=C\C)=C/C=C. The molecule has 2 heterocycles. The first-order valence-corrected chi connectivity index (χ1v) is 10.4. The smallest absolute Gasteiger partial charge is 0.193 e. The van der Waals surface area contributed by atoms with Gasteiger partial charge in [-0.25, -0.2) is 0 Å². The van der Waals surface area contributed by atoms with E-state index in [9.17, 15) is 4.79 Å². The van der Waals surface area contributed by atoms with E-state index in [2.05, 4.69) is 42.2 Å². The molecule has 2 aromatic heterocycles. The van der Waals surface area contributed by atoms with E-state index in [1.165, 1.54) is 0 Å². The average molecular weight is 422 g/mol. The van der Waals surface area contributed by atoms with Crippen molar-refractivity contribution in [3.8, 4) is 0 Å². The van der Waals surface area contributed by atoms with Crippen molar-refractivity contribution >= 4 is 22.4 Å². The Labute approximate surface area is 189 Å². The summed E-state index contributed by atoms with van der Waals surface area (Å²) in [6.07, 6.45) is 15.0. The molecule has 0 aliphatic carbocycles. The molecule has 0 atom stereocenters. The Morgan fingerprint density at radius 1 is 1.09 bits per heavy atom. The summed E-state index contributed by atoms with van der Waals surface area (Å²) in [6.45, 7) is 13.4. The lowest BCUT2D eigenvalue weighted by Crippen LogP contribution is -2.15. The van der Waals surface area contributed by atoms with E-state index in [1.807, 2.05) is 54.0 Å². The molecule has 3 aromatic rings. The first-order valence-electron chi connectivity index (χ1n) is 10.4. The number of aromatic nitrogens is 2. The van der Waals surface area contributed by atoms with Gasteiger partial charge in [0.05, 0.1) is 10.9 Å². The summed E-state index contributed by atoms with van der Waals surface area (Å²) in [5.41, 5.74) is 4.25. The average Bonchev–Trinajstić information content (AvgIpc) is 2.79. The van der Waals surface area contributed by atoms with Gasteiger partial charge >= 0.3 is 0 Å². The molecule has 160 valence electrons. The molecule has 4 nitrogen and oxygen atoms in total. The van der Waals surface area contributed by atoms with Gasteiger partial charge in [-0.15, -0.1) is 0 Å². The second kappa shape index (κ2) is 10.7. The summed E-state index contributed by atoms with van der Waals surface area (Å²) in [7, 11) is 0. The van der Waals surface area contributed by atoms with Gasteiger partial charge in [-0.05, 0) is 42.9 Å². The highest BCUT2D eigenvalue weighted by atomic mass is 16.1. The molecular weight excluding hydrogens is 394 g/mol. The molecule has 1 N–H and O–H groups in total. The number of anilines is 1. The first kappa shape index (κ1) is 22.5. The minimum absolute atomic E-state index is 0.113. The van der Waals surface area contributed by atoms with E-state index in [0.29, 0.717) is 17.6 Å². The maximum Gasteiger partial charge on any atom is 0.193 e. The molecular formula is C28H27N3O. The van der Waals surface area contributed by atoms with Crippen LogP contribution in [0.3, 0.4) is 0 Å². The summed E-state index contributed by atoms with van der Waals surface area (Å²) < 4.78 is 2.00. The van der Waals surface area contributed by atoms with Gasteiger partial charge < -0.3 is 5.32 Å². The number of hydrogen-bond acceptors (Lipinski definition) is 3. The first-order chi connectivity index (χ1) is 15.6. The van der Waals surface area contributed by atoms with Crippen LogP contribution in [0.15, 0.2) is 121 Å². The van der Waals surface area contributed by atoms with Gasteiger partial charge in [-0.1, -0.05) is 68.3 Å². The van der Waals surface area contributed by atoms with Crippen LogP contribution in [0.25, 0.3) is 16.6 Å². The van der Waals surface area contributed by atoms with Gasteiger partial charge in [0, 0.05) is 35.8 Å². The van der Waals surface area contributed by atoms with Gasteiger partial charge in [0.15, 0.2) is 5.43 Å². The van der Waals surface area contributed by atoms with E-state index in [1.54, 1.807) is 36.6 Å². The summed E-state index contributed by atoms with van der Waals surface area (Å²) in [4.78, 5) is 17.5. The zero-order valence-electron chi connectivity index (χ0n) is 18.3. The standard InChI is InChI=1S/C28H27N3O/c1-5-12-22(8-4)30-28-19-27(32)25-20-29-23(17-21-15-10-9-11-16-21)18-26(25)31(28)24(13-6-2)14-7-3/h5-16,18-20,30H,1-2,4,17H2,3H3/b14-7-,22-12+,24-13+. The van der Waals surface area contributed by atoms with Crippen LogP contribution in [-0.4, -0.2) is 9.55 Å². The largest absolute Gasteiger partial charge is 0.341 e. The summed E-state index contributed by atoms with van der Waals surface area (Å²) in [6, 6.07) is 13.7. The molecule has 0 bridgehead atoms. The fraction of sp³-hybridized carbons (Fsp3) is 0.0714. The highest BCUT2D eigenvalue weighted by Gasteiger charge is 2.13. The number of pyridine rings is 2. The Balaban J connectivity index is 2.30. The number of hydrogen-bond donors (Lipinski definition) is 1. The fourth-order valence-corrected chi connectivity index (χ4v) is 3.46. The minimum Gasteiger partial charge on any atom is -0.341 e. The molecule has 0 spiro atoms. The van der Waals surface area contributed by atoms with Crippen LogP contribution in [0.4, 0.5) is 5.82 Å². The summed E-state index contributed by atoms with van der Waals surface area (Å²) in [5.74, 6) is 0.610. The van der Waals surface area contributed by atoms with E-state index in [-0.39, 0.29) is 5.43 Å². The minimum atomic E-state index is -0.113. The van der Waals surface area contributed by atoms with E-state index < -0.39 is 0 Å². The Morgan fingerprint density at radius 2 is 1.84 bits per heavy atom. The Bertz CT molecular complexity index is 1290. The van der Waals surface area contributed by atoms with Gasteiger partial charge in [0.1, 0.15) is 5.82 Å². The van der Waals surface area contributed by atoms with Crippen molar-refractivity contribution < 1.29 is 0 Å². The van der Waals surface area contributed by atoms with Crippen LogP contribution in [0.1, 0.15) is 18.2 Å². The van der Waals surface area contributed by atoms with Crippen molar-refractivity contribution in [2.45, 2.75) is 13.3 Å². The van der Waals surface area contributed by atoms with Crippen molar-refractivity contribution in [3.05, 3.63) is 138 Å². The zero-order valence-corrected chi connectivity index (χ0v) is 18.3. The Morgan fingerprint density at radius 3 is 2.50 bits per heavy atom. The van der Waals surface area contributed by atoms with Crippen LogP contribution in [-0.2, 0) is 6.42 Å². The molecule has 0 aliphatic rings. The molecule has 1 aromatic carbocycles. The number of allylic oxidation sites excluding steroid dienone is 8. The lowest BCUT2D eigenvalue weighted by molar-refractivity contribution is 1.06. The van der Waals surface area contributed by atoms with Crippen LogP contribution in [0.5, 0.6) is 0 Å². The molecule has 0 fully saturated rings. The summed E-state index contributed by atoms with van der Waals surface area (Å²) in [5, 5.41) is 3.84. The Kier molecular flexibility index (Phi) is 7.55. The summed E-state index contributed by atoms with van der Waals surface area (Å²) >= 11 is 0. The second-order valence-corrected chi connectivity index (χ2v) is 7.10. The highest BCUT2D eigenvalue weighted by molar-refractivity contribution is 5.86. The molecule has 0 amide bonds. The van der Waals surface area contributed by atoms with Crippen molar-refractivity contribution in [2.75, 3.05) is 5.32 Å².